The normalized spacial score (nSPS) is 19.2. The predicted octanol–water partition coefficient (Wildman–Crippen LogP) is 2.78. The lowest BCUT2D eigenvalue weighted by atomic mass is 10.2. The lowest BCUT2D eigenvalue weighted by Crippen LogP contribution is -2.43. The summed E-state index contributed by atoms with van der Waals surface area (Å²) in [6.45, 7) is 17.1. The molecule has 0 aromatic rings. The number of methoxy groups -OCH3 is 1. The third-order valence-electron chi connectivity index (χ3n) is 5.28. The van der Waals surface area contributed by atoms with Gasteiger partial charge in [-0.25, -0.2) is 0 Å². The number of hydrogen-bond donors (Lipinski definition) is 2. The van der Waals surface area contributed by atoms with Crippen LogP contribution in [0.4, 0.5) is 0 Å². The summed E-state index contributed by atoms with van der Waals surface area (Å²) in [5.74, 6) is 0.960. The van der Waals surface area contributed by atoms with Crippen LogP contribution >= 0.6 is 24.0 Å². The summed E-state index contributed by atoms with van der Waals surface area (Å²) in [7, 11) is 1.78. The minimum absolute atomic E-state index is 0. The molecule has 1 saturated heterocycles. The molecule has 6 nitrogen and oxygen atoms in total. The van der Waals surface area contributed by atoms with Crippen LogP contribution in [-0.2, 0) is 4.74 Å². The fourth-order valence-corrected chi connectivity index (χ4v) is 3.59. The molecule has 1 fully saturated rings. The number of guanidine groups is 1. The van der Waals surface area contributed by atoms with Gasteiger partial charge in [0.2, 0.25) is 0 Å². The van der Waals surface area contributed by atoms with Crippen molar-refractivity contribution in [1.29, 1.82) is 0 Å². The molecule has 1 aliphatic rings. The molecule has 0 bridgehead atoms. The smallest absolute Gasteiger partial charge is 0.191 e. The van der Waals surface area contributed by atoms with Gasteiger partial charge in [0.15, 0.2) is 5.96 Å². The summed E-state index contributed by atoms with van der Waals surface area (Å²) in [6, 6.07) is 0.995. The second-order valence-electron chi connectivity index (χ2n) is 7.26. The Kier molecular flexibility index (Phi) is 16.7. The largest absolute Gasteiger partial charge is 0.383 e. The molecule has 2 atom stereocenters. The second kappa shape index (κ2) is 16.8. The van der Waals surface area contributed by atoms with Gasteiger partial charge in [0.1, 0.15) is 0 Å². The van der Waals surface area contributed by atoms with Crippen LogP contribution in [0.15, 0.2) is 4.99 Å². The first-order valence-corrected chi connectivity index (χ1v) is 10.6. The first kappa shape index (κ1) is 26.9. The van der Waals surface area contributed by atoms with Gasteiger partial charge in [-0.05, 0) is 65.7 Å². The molecular weight excluding hydrogens is 453 g/mol. The van der Waals surface area contributed by atoms with Crippen LogP contribution in [0.1, 0.15) is 53.4 Å². The van der Waals surface area contributed by atoms with Gasteiger partial charge >= 0.3 is 0 Å². The average Bonchev–Trinajstić information content (AvgIpc) is 3.09. The van der Waals surface area contributed by atoms with Crippen LogP contribution in [0.25, 0.3) is 0 Å². The molecule has 0 aromatic heterocycles. The van der Waals surface area contributed by atoms with E-state index in [4.69, 9.17) is 9.73 Å². The van der Waals surface area contributed by atoms with E-state index < -0.39 is 0 Å². The van der Waals surface area contributed by atoms with E-state index in [0.29, 0.717) is 12.1 Å². The Morgan fingerprint density at radius 3 is 2.67 bits per heavy atom. The molecular formula is C20H44IN5O. The molecule has 0 saturated carbocycles. The molecule has 1 rings (SSSR count). The molecule has 0 aliphatic carbocycles. The molecule has 0 aromatic carbocycles. The topological polar surface area (TPSA) is 52.1 Å². The Morgan fingerprint density at radius 2 is 2.04 bits per heavy atom. The van der Waals surface area contributed by atoms with Gasteiger partial charge in [-0.15, -0.1) is 24.0 Å². The van der Waals surface area contributed by atoms with Crippen molar-refractivity contribution >= 4 is 29.9 Å². The highest BCUT2D eigenvalue weighted by atomic mass is 127. The van der Waals surface area contributed by atoms with E-state index in [1.165, 1.54) is 38.8 Å². The van der Waals surface area contributed by atoms with Crippen molar-refractivity contribution in [3.05, 3.63) is 0 Å². The average molecular weight is 498 g/mol. The van der Waals surface area contributed by atoms with Crippen LogP contribution in [0, 0.1) is 0 Å². The van der Waals surface area contributed by atoms with Crippen LogP contribution < -0.4 is 10.6 Å². The summed E-state index contributed by atoms with van der Waals surface area (Å²) in [5, 5.41) is 6.99. The highest BCUT2D eigenvalue weighted by molar-refractivity contribution is 14.0. The Morgan fingerprint density at radius 1 is 1.30 bits per heavy atom. The third-order valence-corrected chi connectivity index (χ3v) is 5.28. The molecule has 2 N–H and O–H groups in total. The molecule has 1 heterocycles. The van der Waals surface area contributed by atoms with Crippen molar-refractivity contribution in [3.63, 3.8) is 0 Å². The van der Waals surface area contributed by atoms with E-state index in [0.717, 1.165) is 45.3 Å². The maximum absolute atomic E-state index is 5.23. The van der Waals surface area contributed by atoms with E-state index >= 15 is 0 Å². The maximum atomic E-state index is 5.23. The number of nitrogens with zero attached hydrogens (tertiary/aromatic N) is 3. The van der Waals surface area contributed by atoms with E-state index in [-0.39, 0.29) is 24.0 Å². The zero-order chi connectivity index (χ0) is 19.2. The van der Waals surface area contributed by atoms with Crippen LogP contribution in [0.2, 0.25) is 0 Å². The van der Waals surface area contributed by atoms with Crippen LogP contribution in [0.3, 0.4) is 0 Å². The van der Waals surface area contributed by atoms with Crippen molar-refractivity contribution in [2.45, 2.75) is 65.5 Å². The standard InChI is InChI=1S/C20H43N5O.HI/c1-6-21-20(23-18(4)11-9-13-24(7-2)8-3)22-17-19-12-10-14-25(19)15-16-26-5;/h18-19H,6-17H2,1-5H3,(H2,21,22,23);1H. The number of ether oxygens (including phenoxy) is 1. The first-order valence-electron chi connectivity index (χ1n) is 10.6. The van der Waals surface area contributed by atoms with E-state index in [1.807, 2.05) is 0 Å². The Labute approximate surface area is 184 Å². The summed E-state index contributed by atoms with van der Waals surface area (Å²) in [5.41, 5.74) is 0. The zero-order valence-electron chi connectivity index (χ0n) is 18.3. The summed E-state index contributed by atoms with van der Waals surface area (Å²) in [4.78, 5) is 9.88. The van der Waals surface area contributed by atoms with Gasteiger partial charge in [-0.2, -0.15) is 0 Å². The quantitative estimate of drug-likeness (QED) is 0.233. The van der Waals surface area contributed by atoms with Gasteiger partial charge in [-0.1, -0.05) is 13.8 Å². The highest BCUT2D eigenvalue weighted by Crippen LogP contribution is 2.16. The number of rotatable bonds is 13. The molecule has 162 valence electrons. The zero-order valence-corrected chi connectivity index (χ0v) is 20.6. The number of nitrogens with one attached hydrogen (secondary N) is 2. The predicted molar refractivity (Wildman–Crippen MR) is 127 cm³/mol. The third kappa shape index (κ3) is 11.5. The van der Waals surface area contributed by atoms with E-state index in [9.17, 15) is 0 Å². The first-order chi connectivity index (χ1) is 12.6. The Bertz CT molecular complexity index is 379. The number of halogens is 1. The lowest BCUT2D eigenvalue weighted by molar-refractivity contribution is 0.142. The van der Waals surface area contributed by atoms with Crippen LogP contribution in [0.5, 0.6) is 0 Å². The molecule has 7 heteroatoms. The Balaban J connectivity index is 0.00000676. The van der Waals surface area contributed by atoms with Crippen molar-refractivity contribution in [2.24, 2.45) is 4.99 Å². The Hall–Kier alpha value is -0.120. The molecule has 27 heavy (non-hydrogen) atoms. The SMILES string of the molecule is CCNC(=NCC1CCCN1CCOC)NC(C)CCCN(CC)CC.I. The van der Waals surface area contributed by atoms with Crippen molar-refractivity contribution in [1.82, 2.24) is 20.4 Å². The fourth-order valence-electron chi connectivity index (χ4n) is 3.59. The van der Waals surface area contributed by atoms with E-state index in [1.54, 1.807) is 7.11 Å². The monoisotopic (exact) mass is 497 g/mol. The number of likely N-dealkylation sites (tertiary alicyclic amines) is 1. The van der Waals surface area contributed by atoms with E-state index in [2.05, 4.69) is 48.1 Å². The van der Waals surface area contributed by atoms with Gasteiger partial charge in [0, 0.05) is 32.3 Å². The van der Waals surface area contributed by atoms with Gasteiger partial charge in [0.25, 0.3) is 0 Å². The maximum Gasteiger partial charge on any atom is 0.191 e. The minimum atomic E-state index is 0. The van der Waals surface area contributed by atoms with Gasteiger partial charge in [0.05, 0.1) is 13.2 Å². The minimum Gasteiger partial charge on any atom is -0.383 e. The molecule has 2 unspecified atom stereocenters. The lowest BCUT2D eigenvalue weighted by Gasteiger charge is -2.24. The van der Waals surface area contributed by atoms with Crippen molar-refractivity contribution in [3.8, 4) is 0 Å². The van der Waals surface area contributed by atoms with Gasteiger partial charge < -0.3 is 20.3 Å². The van der Waals surface area contributed by atoms with Crippen molar-refractivity contribution < 1.29 is 4.74 Å². The molecule has 0 amide bonds. The highest BCUT2D eigenvalue weighted by Gasteiger charge is 2.23. The molecule has 1 aliphatic heterocycles. The summed E-state index contributed by atoms with van der Waals surface area (Å²) < 4.78 is 5.23. The van der Waals surface area contributed by atoms with Gasteiger partial charge in [-0.3, -0.25) is 9.89 Å². The molecule has 0 spiro atoms. The summed E-state index contributed by atoms with van der Waals surface area (Å²) in [6.07, 6.45) is 4.91. The second-order valence-corrected chi connectivity index (χ2v) is 7.26. The molecule has 0 radical (unpaired) electrons. The number of hydrogen-bond acceptors (Lipinski definition) is 4. The summed E-state index contributed by atoms with van der Waals surface area (Å²) >= 11 is 0. The number of aliphatic imine (C=N–C) groups is 1. The van der Waals surface area contributed by atoms with Crippen molar-refractivity contribution in [2.75, 3.05) is 59.5 Å². The fraction of sp³-hybridized carbons (Fsp3) is 0.950. The van der Waals surface area contributed by atoms with Crippen LogP contribution in [-0.4, -0.2) is 87.4 Å².